The van der Waals surface area contributed by atoms with E-state index in [1.807, 2.05) is 12.1 Å². The molecule has 3 heteroatoms. The lowest BCUT2D eigenvalue weighted by atomic mass is 9.97. The van der Waals surface area contributed by atoms with Crippen molar-refractivity contribution in [3.63, 3.8) is 0 Å². The van der Waals surface area contributed by atoms with E-state index in [1.165, 1.54) is 47.4 Å². The molecule has 0 heterocycles. The van der Waals surface area contributed by atoms with Crippen LogP contribution in [0.1, 0.15) is 49.3 Å². The molecule has 0 amide bonds. The first-order valence-corrected chi connectivity index (χ1v) is 11.0. The molecule has 0 atom stereocenters. The van der Waals surface area contributed by atoms with Gasteiger partial charge in [0.15, 0.2) is 0 Å². The van der Waals surface area contributed by atoms with E-state index >= 15 is 0 Å². The Hall–Kier alpha value is -2.89. The third-order valence-electron chi connectivity index (χ3n) is 5.55. The maximum atomic E-state index is 13.6. The van der Waals surface area contributed by atoms with E-state index in [9.17, 15) is 8.78 Å². The minimum absolute atomic E-state index is 0.254. The van der Waals surface area contributed by atoms with Gasteiger partial charge in [-0.15, -0.1) is 0 Å². The largest absolute Gasteiger partial charge is 0.205 e. The van der Waals surface area contributed by atoms with Crippen LogP contribution in [-0.2, 0) is 6.42 Å². The fourth-order valence-electron chi connectivity index (χ4n) is 3.88. The van der Waals surface area contributed by atoms with Gasteiger partial charge in [0, 0.05) is 11.1 Å². The van der Waals surface area contributed by atoms with Crippen LogP contribution in [0.25, 0.3) is 21.5 Å². The Morgan fingerprint density at radius 3 is 2.06 bits per heavy atom. The van der Waals surface area contributed by atoms with Gasteiger partial charge in [-0.3, -0.25) is 0 Å². The van der Waals surface area contributed by atoms with Gasteiger partial charge in [-0.1, -0.05) is 86.0 Å². The molecule has 0 saturated heterocycles. The smallest absolute Gasteiger partial charge is 0.146 e. The molecule has 0 unspecified atom stereocenters. The average molecular weight is 433 g/mol. The Bertz CT molecular complexity index is 1290. The first-order chi connectivity index (χ1) is 15.0. The van der Waals surface area contributed by atoms with Crippen molar-refractivity contribution in [1.82, 2.24) is 0 Å². The molecule has 4 aromatic rings. The highest BCUT2D eigenvalue weighted by atomic mass is 35.5. The lowest BCUT2D eigenvalue weighted by Crippen LogP contribution is -1.88. The zero-order valence-corrected chi connectivity index (χ0v) is 18.2. The number of halogens is 3. The summed E-state index contributed by atoms with van der Waals surface area (Å²) < 4.78 is 27.2. The van der Waals surface area contributed by atoms with Gasteiger partial charge in [0.05, 0.1) is 0 Å². The minimum atomic E-state index is -0.805. The molecule has 0 spiro atoms. The molecule has 0 fully saturated rings. The van der Waals surface area contributed by atoms with Crippen molar-refractivity contribution < 1.29 is 8.78 Å². The normalized spacial score (nSPS) is 11.0. The number of hydrogen-bond acceptors (Lipinski definition) is 0. The number of benzene rings is 4. The molecule has 0 aliphatic carbocycles. The Kier molecular flexibility index (Phi) is 6.54. The summed E-state index contributed by atoms with van der Waals surface area (Å²) in [4.78, 5) is 0. The highest BCUT2D eigenvalue weighted by Gasteiger charge is 2.07. The van der Waals surface area contributed by atoms with Crippen LogP contribution >= 0.6 is 11.6 Å². The van der Waals surface area contributed by atoms with E-state index in [-0.39, 0.29) is 5.56 Å². The van der Waals surface area contributed by atoms with Crippen LogP contribution in [-0.4, -0.2) is 0 Å². The van der Waals surface area contributed by atoms with Crippen LogP contribution < -0.4 is 0 Å². The number of aryl methyl sites for hydroxylation is 1. The molecule has 0 aliphatic rings. The molecule has 31 heavy (non-hydrogen) atoms. The summed E-state index contributed by atoms with van der Waals surface area (Å²) in [5.74, 6) is 4.20. The molecule has 0 N–H and O–H groups in total. The molecule has 0 radical (unpaired) electrons. The van der Waals surface area contributed by atoms with Crippen molar-refractivity contribution in [3.8, 4) is 11.8 Å². The second-order valence-electron chi connectivity index (χ2n) is 7.87. The summed E-state index contributed by atoms with van der Waals surface area (Å²) in [7, 11) is 0. The van der Waals surface area contributed by atoms with Crippen molar-refractivity contribution in [2.75, 3.05) is 0 Å². The summed E-state index contributed by atoms with van der Waals surface area (Å²) >= 11 is 5.53. The molecule has 0 nitrogen and oxygen atoms in total. The standard InChI is InChI=1S/C28H23ClF2/c1-2-3-4-5-6-19-9-13-24-22(15-19)11-12-23-16-20(10-14-25(23)24)7-8-21-17-26(30)28(29)27(31)18-21/h9-18H,2-6H2,1H3. The average Bonchev–Trinajstić information content (AvgIpc) is 2.78. The summed E-state index contributed by atoms with van der Waals surface area (Å²) in [5.41, 5.74) is 2.42. The third-order valence-corrected chi connectivity index (χ3v) is 5.92. The quantitative estimate of drug-likeness (QED) is 0.128. The van der Waals surface area contributed by atoms with Crippen LogP contribution in [0.15, 0.2) is 60.7 Å². The zero-order valence-electron chi connectivity index (χ0n) is 17.4. The highest BCUT2D eigenvalue weighted by Crippen LogP contribution is 2.27. The molecule has 0 aliphatic heterocycles. The topological polar surface area (TPSA) is 0 Å². The van der Waals surface area contributed by atoms with Gasteiger partial charge in [-0.05, 0) is 64.2 Å². The van der Waals surface area contributed by atoms with Gasteiger partial charge in [0.2, 0.25) is 0 Å². The number of hydrogen-bond donors (Lipinski definition) is 0. The van der Waals surface area contributed by atoms with Crippen LogP contribution in [0.5, 0.6) is 0 Å². The fraction of sp³-hybridized carbons (Fsp3) is 0.214. The molecular weight excluding hydrogens is 410 g/mol. The lowest BCUT2D eigenvalue weighted by Gasteiger charge is -2.07. The van der Waals surface area contributed by atoms with E-state index in [1.54, 1.807) is 0 Å². The van der Waals surface area contributed by atoms with Crippen molar-refractivity contribution >= 4 is 33.1 Å². The van der Waals surface area contributed by atoms with E-state index in [0.717, 1.165) is 29.5 Å². The number of unbranched alkanes of at least 4 members (excludes halogenated alkanes) is 3. The molecule has 156 valence electrons. The maximum absolute atomic E-state index is 13.6. The Morgan fingerprint density at radius 2 is 1.35 bits per heavy atom. The predicted molar refractivity (Wildman–Crippen MR) is 127 cm³/mol. The van der Waals surface area contributed by atoms with E-state index in [4.69, 9.17) is 11.6 Å². The zero-order chi connectivity index (χ0) is 21.8. The SMILES string of the molecule is CCCCCCc1ccc2c(ccc3cc(C#Cc4cc(F)c(Cl)c(F)c4)ccc32)c1. The van der Waals surface area contributed by atoms with Gasteiger partial charge >= 0.3 is 0 Å². The molecule has 0 saturated carbocycles. The van der Waals surface area contributed by atoms with E-state index < -0.39 is 16.7 Å². The Balaban J connectivity index is 1.61. The predicted octanol–water partition coefficient (Wildman–Crippen LogP) is 8.45. The molecule has 0 aromatic heterocycles. The summed E-state index contributed by atoms with van der Waals surface area (Å²) in [6, 6.07) is 19.3. The van der Waals surface area contributed by atoms with Crippen molar-refractivity contribution in [3.05, 3.63) is 94.0 Å². The van der Waals surface area contributed by atoms with Crippen LogP contribution in [0.3, 0.4) is 0 Å². The molecule has 4 aromatic carbocycles. The summed E-state index contributed by atoms with van der Waals surface area (Å²) in [6.45, 7) is 2.23. The maximum Gasteiger partial charge on any atom is 0.146 e. The fourth-order valence-corrected chi connectivity index (χ4v) is 3.99. The van der Waals surface area contributed by atoms with E-state index in [0.29, 0.717) is 0 Å². The van der Waals surface area contributed by atoms with Crippen LogP contribution in [0.2, 0.25) is 5.02 Å². The van der Waals surface area contributed by atoms with Crippen molar-refractivity contribution in [2.45, 2.75) is 39.0 Å². The van der Waals surface area contributed by atoms with E-state index in [2.05, 4.69) is 55.2 Å². The molecule has 0 bridgehead atoms. The van der Waals surface area contributed by atoms with Crippen molar-refractivity contribution in [2.24, 2.45) is 0 Å². The van der Waals surface area contributed by atoms with Gasteiger partial charge in [0.1, 0.15) is 16.7 Å². The Morgan fingerprint density at radius 1 is 0.710 bits per heavy atom. The van der Waals surface area contributed by atoms with Crippen molar-refractivity contribution in [1.29, 1.82) is 0 Å². The number of rotatable bonds is 5. The lowest BCUT2D eigenvalue weighted by molar-refractivity contribution is 0.583. The Labute approximate surface area is 186 Å². The van der Waals surface area contributed by atoms with Gasteiger partial charge < -0.3 is 0 Å². The number of fused-ring (bicyclic) bond motifs is 3. The third kappa shape index (κ3) is 4.89. The molecule has 4 rings (SSSR count). The summed E-state index contributed by atoms with van der Waals surface area (Å²) in [6.07, 6.45) is 6.19. The van der Waals surface area contributed by atoms with Gasteiger partial charge in [-0.25, -0.2) is 8.78 Å². The second-order valence-corrected chi connectivity index (χ2v) is 8.25. The van der Waals surface area contributed by atoms with Crippen LogP contribution in [0, 0.1) is 23.5 Å². The first-order valence-electron chi connectivity index (χ1n) is 10.7. The summed E-state index contributed by atoms with van der Waals surface area (Å²) in [5, 5.41) is 4.21. The molecular formula is C28H23ClF2. The van der Waals surface area contributed by atoms with Crippen LogP contribution in [0.4, 0.5) is 8.78 Å². The van der Waals surface area contributed by atoms with Gasteiger partial charge in [0.25, 0.3) is 0 Å². The van der Waals surface area contributed by atoms with Gasteiger partial charge in [-0.2, -0.15) is 0 Å². The first kappa shape index (κ1) is 21.3. The highest BCUT2D eigenvalue weighted by molar-refractivity contribution is 6.30. The minimum Gasteiger partial charge on any atom is -0.205 e. The monoisotopic (exact) mass is 432 g/mol. The second kappa shape index (κ2) is 9.50.